The van der Waals surface area contributed by atoms with Crippen LogP contribution >= 0.6 is 0 Å². The predicted octanol–water partition coefficient (Wildman–Crippen LogP) is 7.65. The number of sulfonamides is 1. The van der Waals surface area contributed by atoms with Crippen molar-refractivity contribution >= 4 is 39.2 Å². The van der Waals surface area contributed by atoms with Gasteiger partial charge in [-0.25, -0.2) is 13.2 Å². The molecule has 4 aromatic rings. The van der Waals surface area contributed by atoms with Crippen LogP contribution < -0.4 is 15.4 Å². The van der Waals surface area contributed by atoms with Crippen LogP contribution in [0.5, 0.6) is 5.75 Å². The number of carbonyl (C=O) groups excluding carboxylic acids is 3. The van der Waals surface area contributed by atoms with Gasteiger partial charge in [-0.05, 0) is 135 Å². The van der Waals surface area contributed by atoms with Crippen LogP contribution in [-0.4, -0.2) is 64.0 Å². The number of anilines is 2. The fourth-order valence-corrected chi connectivity index (χ4v) is 8.89. The van der Waals surface area contributed by atoms with Gasteiger partial charge in [-0.2, -0.15) is 4.31 Å². The van der Waals surface area contributed by atoms with Crippen molar-refractivity contribution in [3.63, 3.8) is 0 Å². The van der Waals surface area contributed by atoms with Crippen molar-refractivity contribution in [3.05, 3.63) is 119 Å². The number of methoxy groups -OCH3 is 2. The lowest BCUT2D eigenvalue weighted by molar-refractivity contribution is -0.146. The Balaban J connectivity index is 1.11. The number of ether oxygens (including phenoxy) is 3. The molecule has 0 aromatic heterocycles. The van der Waals surface area contributed by atoms with Gasteiger partial charge in [-0.3, -0.25) is 9.59 Å². The Hall–Kier alpha value is -5.20. The molecule has 56 heavy (non-hydrogen) atoms. The highest BCUT2D eigenvalue weighted by Crippen LogP contribution is 2.33. The number of hydrogen-bond acceptors (Lipinski definition) is 9. The molecule has 0 atom stereocenters. The van der Waals surface area contributed by atoms with Crippen LogP contribution in [0, 0.1) is 11.8 Å². The molecule has 296 valence electrons. The van der Waals surface area contributed by atoms with E-state index in [4.69, 9.17) is 14.2 Å². The molecule has 2 N–H and O–H groups in total. The summed E-state index contributed by atoms with van der Waals surface area (Å²) < 4.78 is 45.1. The maximum Gasteiger partial charge on any atom is 0.337 e. The van der Waals surface area contributed by atoms with E-state index in [-0.39, 0.29) is 40.9 Å². The van der Waals surface area contributed by atoms with Gasteiger partial charge in [0.2, 0.25) is 10.0 Å². The van der Waals surface area contributed by atoms with Crippen molar-refractivity contribution in [2.75, 3.05) is 38.0 Å². The third-order valence-electron chi connectivity index (χ3n) is 10.7. The van der Waals surface area contributed by atoms with Crippen LogP contribution in [0.4, 0.5) is 11.4 Å². The molecule has 0 unspecified atom stereocenters. The van der Waals surface area contributed by atoms with E-state index in [0.717, 1.165) is 35.4 Å². The number of amides is 1. The molecular formula is C44H51N3O8S. The molecule has 0 heterocycles. The van der Waals surface area contributed by atoms with E-state index in [0.29, 0.717) is 56.0 Å². The Morgan fingerprint density at radius 3 is 2.07 bits per heavy atom. The monoisotopic (exact) mass is 781 g/mol. The van der Waals surface area contributed by atoms with Crippen LogP contribution in [0.1, 0.15) is 82.9 Å². The van der Waals surface area contributed by atoms with Gasteiger partial charge >= 0.3 is 11.9 Å². The lowest BCUT2D eigenvalue weighted by Crippen LogP contribution is -2.43. The van der Waals surface area contributed by atoms with Crippen molar-refractivity contribution in [1.29, 1.82) is 0 Å². The Bertz CT molecular complexity index is 2090. The second-order valence-corrected chi connectivity index (χ2v) is 16.4. The quantitative estimate of drug-likeness (QED) is 0.103. The molecular weight excluding hydrogens is 731 g/mol. The number of esters is 2. The van der Waals surface area contributed by atoms with Crippen LogP contribution in [-0.2, 0) is 43.7 Å². The molecule has 2 aliphatic carbocycles. The average molecular weight is 782 g/mol. The Labute approximate surface area is 329 Å². The van der Waals surface area contributed by atoms with Gasteiger partial charge in [0.1, 0.15) is 5.75 Å². The molecule has 2 aliphatic rings. The highest BCUT2D eigenvalue weighted by atomic mass is 32.2. The van der Waals surface area contributed by atoms with Crippen molar-refractivity contribution in [2.24, 2.45) is 11.8 Å². The number of aryl methyl sites for hydroxylation is 2. The maximum atomic E-state index is 13.9. The summed E-state index contributed by atoms with van der Waals surface area (Å²) in [5.41, 5.74) is 5.37. The predicted molar refractivity (Wildman–Crippen MR) is 215 cm³/mol. The highest BCUT2D eigenvalue weighted by Gasteiger charge is 2.35. The van der Waals surface area contributed by atoms with E-state index in [9.17, 15) is 22.8 Å². The zero-order valence-electron chi connectivity index (χ0n) is 32.3. The fraction of sp³-hybridized carbons (Fsp3) is 0.386. The summed E-state index contributed by atoms with van der Waals surface area (Å²) in [5, 5.41) is 6.49. The van der Waals surface area contributed by atoms with E-state index in [1.54, 1.807) is 31.2 Å². The van der Waals surface area contributed by atoms with Crippen LogP contribution in [0.25, 0.3) is 0 Å². The van der Waals surface area contributed by atoms with Crippen molar-refractivity contribution in [1.82, 2.24) is 4.31 Å². The van der Waals surface area contributed by atoms with E-state index in [1.807, 2.05) is 42.5 Å². The number of nitrogens with zero attached hydrogens (tertiary/aromatic N) is 1. The lowest BCUT2D eigenvalue weighted by Gasteiger charge is -2.34. The van der Waals surface area contributed by atoms with Gasteiger partial charge in [-0.1, -0.05) is 37.3 Å². The van der Waals surface area contributed by atoms with E-state index < -0.39 is 15.9 Å². The minimum atomic E-state index is -3.92. The first-order valence-electron chi connectivity index (χ1n) is 19.3. The Morgan fingerprint density at radius 1 is 0.768 bits per heavy atom. The maximum absolute atomic E-state index is 13.9. The van der Waals surface area contributed by atoms with Gasteiger partial charge in [0.25, 0.3) is 5.91 Å². The van der Waals surface area contributed by atoms with Crippen LogP contribution in [0.3, 0.4) is 0 Å². The van der Waals surface area contributed by atoms with Gasteiger partial charge in [0.15, 0.2) is 0 Å². The van der Waals surface area contributed by atoms with E-state index in [2.05, 4.69) is 22.8 Å². The second kappa shape index (κ2) is 18.6. The third-order valence-corrected chi connectivity index (χ3v) is 12.7. The number of nitrogens with one attached hydrogen (secondary N) is 2. The smallest absolute Gasteiger partial charge is 0.337 e. The first-order valence-corrected chi connectivity index (χ1v) is 20.8. The zero-order valence-corrected chi connectivity index (χ0v) is 33.1. The number of rotatable bonds is 17. The molecule has 4 aromatic carbocycles. The molecule has 0 saturated heterocycles. The molecule has 0 spiro atoms. The molecule has 2 saturated carbocycles. The van der Waals surface area contributed by atoms with Gasteiger partial charge < -0.3 is 24.8 Å². The summed E-state index contributed by atoms with van der Waals surface area (Å²) in [6, 6.07) is 27.2. The third kappa shape index (κ3) is 10.3. The van der Waals surface area contributed by atoms with E-state index in [1.165, 1.54) is 49.1 Å². The van der Waals surface area contributed by atoms with Crippen molar-refractivity contribution in [3.8, 4) is 5.75 Å². The van der Waals surface area contributed by atoms with Gasteiger partial charge in [-0.15, -0.1) is 0 Å². The second-order valence-electron chi connectivity index (χ2n) is 14.5. The number of hydrogen-bond donors (Lipinski definition) is 2. The number of benzene rings is 4. The summed E-state index contributed by atoms with van der Waals surface area (Å²) in [7, 11) is -1.17. The molecule has 6 rings (SSSR count). The normalized spacial score (nSPS) is 16.9. The van der Waals surface area contributed by atoms with Crippen LogP contribution in [0.2, 0.25) is 0 Å². The standard InChI is InChI=1S/C44H51N3O8S/c1-4-47(38-22-18-34(19-23-38)44(50)54-3)56(51,52)40-7-5-6-35(27-40)42(48)46-41-25-24-39(55-29-32-10-11-32)26-36(41)28-45-37-20-14-31(15-21-37)9-8-30-12-16-33(17-13-30)43(49)53-2/h5-7,12-17,20-21,24-27,32,34,38,45H,4,8-11,18-19,22-23,28-29H2,1-3H3,(H,46,48). The average Bonchev–Trinajstić information content (AvgIpc) is 4.07. The molecule has 0 radical (unpaired) electrons. The van der Waals surface area contributed by atoms with Gasteiger partial charge in [0, 0.05) is 36.1 Å². The van der Waals surface area contributed by atoms with Crippen molar-refractivity contribution < 1.29 is 37.0 Å². The minimum Gasteiger partial charge on any atom is -0.493 e. The topological polar surface area (TPSA) is 140 Å². The fourth-order valence-electron chi connectivity index (χ4n) is 7.15. The minimum absolute atomic E-state index is 0.0488. The van der Waals surface area contributed by atoms with E-state index >= 15 is 0 Å². The summed E-state index contributed by atoms with van der Waals surface area (Å²) in [5.74, 6) is 0.0489. The molecule has 1 amide bonds. The molecule has 0 aliphatic heterocycles. The Morgan fingerprint density at radius 2 is 1.45 bits per heavy atom. The van der Waals surface area contributed by atoms with Crippen molar-refractivity contribution in [2.45, 2.75) is 75.8 Å². The molecule has 0 bridgehead atoms. The number of carbonyl (C=O) groups is 3. The lowest BCUT2D eigenvalue weighted by atomic mass is 9.86. The highest BCUT2D eigenvalue weighted by molar-refractivity contribution is 7.89. The summed E-state index contributed by atoms with van der Waals surface area (Å²) in [6.45, 7) is 3.13. The molecule has 12 heteroatoms. The SMILES string of the molecule is CCN(C1CCC(C(=O)OC)CC1)S(=O)(=O)c1cccc(C(=O)Nc2ccc(OCC3CC3)cc2CNc2ccc(CCc3ccc(C(=O)OC)cc3)cc2)c1. The van der Waals surface area contributed by atoms with Crippen LogP contribution in [0.15, 0.2) is 95.9 Å². The first kappa shape index (κ1) is 40.5. The summed E-state index contributed by atoms with van der Waals surface area (Å²) in [4.78, 5) is 37.5. The largest absolute Gasteiger partial charge is 0.493 e. The zero-order chi connectivity index (χ0) is 39.7. The van der Waals surface area contributed by atoms with Gasteiger partial charge in [0.05, 0.1) is 37.2 Å². The summed E-state index contributed by atoms with van der Waals surface area (Å²) >= 11 is 0. The molecule has 11 nitrogen and oxygen atoms in total. The Kier molecular flexibility index (Phi) is 13.5. The first-order chi connectivity index (χ1) is 27.1. The summed E-state index contributed by atoms with van der Waals surface area (Å²) in [6.07, 6.45) is 6.25. The molecule has 2 fully saturated rings.